The minimum atomic E-state index is -3.81. The maximum atomic E-state index is 12.9. The minimum absolute atomic E-state index is 0.0861. The Balaban J connectivity index is 1.45. The maximum absolute atomic E-state index is 12.9. The first-order chi connectivity index (χ1) is 14.7. The molecule has 0 radical (unpaired) electrons. The number of thiazole rings is 1. The van der Waals surface area contributed by atoms with Crippen molar-refractivity contribution in [3.05, 3.63) is 75.5 Å². The zero-order chi connectivity index (χ0) is 22.4. The van der Waals surface area contributed by atoms with E-state index >= 15 is 0 Å². The molecule has 2 aromatic carbocycles. The van der Waals surface area contributed by atoms with Crippen LogP contribution < -0.4 is 9.46 Å². The van der Waals surface area contributed by atoms with Gasteiger partial charge in [-0.2, -0.15) is 4.72 Å². The molecule has 0 aliphatic carbocycles. The summed E-state index contributed by atoms with van der Waals surface area (Å²) in [6, 6.07) is 10.4. The molecule has 164 valence electrons. The first kappa shape index (κ1) is 22.9. The Bertz CT molecular complexity index is 1160. The van der Waals surface area contributed by atoms with Gasteiger partial charge in [-0.3, -0.25) is 4.79 Å². The second kappa shape index (κ2) is 9.99. The molecule has 0 spiro atoms. The number of aromatic nitrogens is 1. The van der Waals surface area contributed by atoms with Crippen LogP contribution in [0.25, 0.3) is 0 Å². The second-order valence-corrected chi connectivity index (χ2v) is 9.42. The van der Waals surface area contributed by atoms with Crippen molar-refractivity contribution in [1.29, 1.82) is 0 Å². The number of halogens is 1. The lowest BCUT2D eigenvalue weighted by molar-refractivity contribution is -0.143. The smallest absolute Gasteiger partial charge is 0.321 e. The highest BCUT2D eigenvalue weighted by molar-refractivity contribution is 7.89. The number of rotatable bonds is 9. The summed E-state index contributed by atoms with van der Waals surface area (Å²) in [4.78, 5) is 16.3. The lowest BCUT2D eigenvalue weighted by Gasteiger charge is -2.08. The number of hydrogen-bond acceptors (Lipinski definition) is 7. The van der Waals surface area contributed by atoms with Crippen molar-refractivity contribution in [3.63, 3.8) is 0 Å². The molecule has 1 aromatic heterocycles. The highest BCUT2D eigenvalue weighted by Gasteiger charge is 2.17. The topological polar surface area (TPSA) is 94.6 Å². The van der Waals surface area contributed by atoms with Crippen molar-refractivity contribution < 1.29 is 27.1 Å². The summed E-state index contributed by atoms with van der Waals surface area (Å²) in [6.45, 7) is 3.32. The molecule has 1 heterocycles. The molecular formula is C21H21FN2O5S2. The Labute approximate surface area is 183 Å². The standard InChI is InChI=1S/C21H21FN2O5S2/c1-14-3-8-19(9-15(14)2)31(26,27)23-10-21(25)29-11-17-13-30-20(24-17)12-28-18-6-4-16(22)5-7-18/h3-9,13,23H,10-12H2,1-2H3. The Morgan fingerprint density at radius 2 is 1.84 bits per heavy atom. The van der Waals surface area contributed by atoms with Gasteiger partial charge in [-0.05, 0) is 61.4 Å². The van der Waals surface area contributed by atoms with Crippen LogP contribution in [0, 0.1) is 19.7 Å². The molecule has 0 saturated carbocycles. The molecule has 0 bridgehead atoms. The number of carbonyl (C=O) groups excluding carboxylic acids is 1. The van der Waals surface area contributed by atoms with Crippen molar-refractivity contribution in [1.82, 2.24) is 9.71 Å². The second-order valence-electron chi connectivity index (χ2n) is 6.71. The molecule has 0 saturated heterocycles. The minimum Gasteiger partial charge on any atom is -0.486 e. The van der Waals surface area contributed by atoms with Gasteiger partial charge in [0.25, 0.3) is 0 Å². The summed E-state index contributed by atoms with van der Waals surface area (Å²) in [5.74, 6) is -0.549. The molecule has 0 unspecified atom stereocenters. The molecule has 0 aliphatic rings. The summed E-state index contributed by atoms with van der Waals surface area (Å²) in [5, 5.41) is 2.38. The summed E-state index contributed by atoms with van der Waals surface area (Å²) < 4.78 is 50.4. The Hall–Kier alpha value is -2.82. The van der Waals surface area contributed by atoms with Gasteiger partial charge < -0.3 is 9.47 Å². The third-order valence-electron chi connectivity index (χ3n) is 4.35. The lowest BCUT2D eigenvalue weighted by Crippen LogP contribution is -2.30. The monoisotopic (exact) mass is 464 g/mol. The normalized spacial score (nSPS) is 11.3. The van der Waals surface area contributed by atoms with Gasteiger partial charge in [0.2, 0.25) is 10.0 Å². The van der Waals surface area contributed by atoms with Crippen molar-refractivity contribution in [2.24, 2.45) is 0 Å². The van der Waals surface area contributed by atoms with E-state index in [9.17, 15) is 17.6 Å². The van der Waals surface area contributed by atoms with Gasteiger partial charge in [0.1, 0.15) is 36.3 Å². The molecule has 0 aliphatic heterocycles. The molecule has 10 heteroatoms. The number of aryl methyl sites for hydroxylation is 2. The van der Waals surface area contributed by atoms with Gasteiger partial charge in [-0.1, -0.05) is 6.07 Å². The van der Waals surface area contributed by atoms with E-state index in [1.165, 1.54) is 41.7 Å². The molecule has 0 amide bonds. The predicted molar refractivity (Wildman–Crippen MR) is 114 cm³/mol. The summed E-state index contributed by atoms with van der Waals surface area (Å²) in [5.41, 5.74) is 2.34. The van der Waals surface area contributed by atoms with E-state index in [1.54, 1.807) is 17.5 Å². The van der Waals surface area contributed by atoms with E-state index in [0.29, 0.717) is 16.5 Å². The average molecular weight is 465 g/mol. The van der Waals surface area contributed by atoms with Crippen LogP contribution in [0.2, 0.25) is 0 Å². The van der Waals surface area contributed by atoms with Crippen LogP contribution in [0.4, 0.5) is 4.39 Å². The fraction of sp³-hybridized carbons (Fsp3) is 0.238. The Kier molecular flexibility index (Phi) is 7.37. The first-order valence-corrected chi connectivity index (χ1v) is 11.6. The number of sulfonamides is 1. The van der Waals surface area contributed by atoms with Crippen LogP contribution in [0.15, 0.2) is 52.7 Å². The molecule has 3 rings (SSSR count). The summed E-state index contributed by atoms with van der Waals surface area (Å²) in [7, 11) is -3.81. The predicted octanol–water partition coefficient (Wildman–Crippen LogP) is 3.50. The van der Waals surface area contributed by atoms with Gasteiger partial charge in [0, 0.05) is 5.38 Å². The van der Waals surface area contributed by atoms with Crippen LogP contribution in [0.3, 0.4) is 0 Å². The number of hydrogen-bond donors (Lipinski definition) is 1. The Morgan fingerprint density at radius 1 is 1.10 bits per heavy atom. The van der Waals surface area contributed by atoms with Gasteiger partial charge >= 0.3 is 5.97 Å². The SMILES string of the molecule is Cc1ccc(S(=O)(=O)NCC(=O)OCc2csc(COc3ccc(F)cc3)n2)cc1C. The van der Waals surface area contributed by atoms with E-state index in [1.807, 2.05) is 13.8 Å². The molecule has 3 aromatic rings. The third kappa shape index (κ3) is 6.58. The zero-order valence-electron chi connectivity index (χ0n) is 16.9. The molecule has 7 nitrogen and oxygen atoms in total. The third-order valence-corrected chi connectivity index (χ3v) is 6.62. The fourth-order valence-corrected chi connectivity index (χ4v) is 4.22. The van der Waals surface area contributed by atoms with E-state index in [-0.39, 0.29) is 23.9 Å². The Morgan fingerprint density at radius 3 is 2.55 bits per heavy atom. The zero-order valence-corrected chi connectivity index (χ0v) is 18.6. The number of benzene rings is 2. The molecule has 1 N–H and O–H groups in total. The highest BCUT2D eigenvalue weighted by atomic mass is 32.2. The van der Waals surface area contributed by atoms with Crippen molar-refractivity contribution >= 4 is 27.3 Å². The first-order valence-electron chi connectivity index (χ1n) is 9.27. The number of nitrogens with zero attached hydrogens (tertiary/aromatic N) is 1. The molecule has 0 fully saturated rings. The van der Waals surface area contributed by atoms with Crippen LogP contribution in [-0.4, -0.2) is 25.9 Å². The number of esters is 1. The summed E-state index contributed by atoms with van der Waals surface area (Å²) in [6.07, 6.45) is 0. The average Bonchev–Trinajstić information content (AvgIpc) is 3.20. The number of carbonyl (C=O) groups is 1. The van der Waals surface area contributed by atoms with Crippen molar-refractivity contribution in [2.45, 2.75) is 32.0 Å². The van der Waals surface area contributed by atoms with Crippen LogP contribution in [-0.2, 0) is 32.8 Å². The van der Waals surface area contributed by atoms with Crippen molar-refractivity contribution in [2.75, 3.05) is 6.54 Å². The van der Waals surface area contributed by atoms with Gasteiger partial charge in [-0.25, -0.2) is 17.8 Å². The van der Waals surface area contributed by atoms with Crippen molar-refractivity contribution in [3.8, 4) is 5.75 Å². The van der Waals surface area contributed by atoms with Crippen LogP contribution in [0.1, 0.15) is 21.8 Å². The molecular weight excluding hydrogens is 443 g/mol. The van der Waals surface area contributed by atoms with Crippen LogP contribution >= 0.6 is 11.3 Å². The van der Waals surface area contributed by atoms with Gasteiger partial charge in [0.05, 0.1) is 10.6 Å². The number of nitrogens with one attached hydrogen (secondary N) is 1. The van der Waals surface area contributed by atoms with E-state index in [2.05, 4.69) is 9.71 Å². The van der Waals surface area contributed by atoms with E-state index < -0.39 is 22.5 Å². The van der Waals surface area contributed by atoms with E-state index in [0.717, 1.165) is 11.1 Å². The van der Waals surface area contributed by atoms with Gasteiger partial charge in [0.15, 0.2) is 0 Å². The van der Waals surface area contributed by atoms with Crippen LogP contribution in [0.5, 0.6) is 5.75 Å². The number of ether oxygens (including phenoxy) is 2. The quantitative estimate of drug-likeness (QED) is 0.487. The molecule has 31 heavy (non-hydrogen) atoms. The van der Waals surface area contributed by atoms with E-state index in [4.69, 9.17) is 9.47 Å². The molecule has 0 atom stereocenters. The highest BCUT2D eigenvalue weighted by Crippen LogP contribution is 2.17. The summed E-state index contributed by atoms with van der Waals surface area (Å²) >= 11 is 1.33. The fourth-order valence-electron chi connectivity index (χ4n) is 2.48. The lowest BCUT2D eigenvalue weighted by atomic mass is 10.1. The maximum Gasteiger partial charge on any atom is 0.321 e. The van der Waals surface area contributed by atoms with Gasteiger partial charge in [-0.15, -0.1) is 11.3 Å². The largest absolute Gasteiger partial charge is 0.486 e.